The molecule has 0 aromatic heterocycles. The predicted octanol–water partition coefficient (Wildman–Crippen LogP) is 3.38. The summed E-state index contributed by atoms with van der Waals surface area (Å²) in [5.74, 6) is 1.14. The number of methoxy groups -OCH3 is 1. The van der Waals surface area contributed by atoms with E-state index in [4.69, 9.17) is 9.47 Å². The molecule has 1 saturated heterocycles. The minimum atomic E-state index is -0.126. The third-order valence-electron chi connectivity index (χ3n) is 5.53. The lowest BCUT2D eigenvalue weighted by Gasteiger charge is -2.34. The molecule has 0 bridgehead atoms. The lowest BCUT2D eigenvalue weighted by atomic mass is 10.1. The fraction of sp³-hybridized carbons (Fsp3) is 0.346. The number of ether oxygens (including phenoxy) is 2. The summed E-state index contributed by atoms with van der Waals surface area (Å²) in [6, 6.07) is 15.7. The lowest BCUT2D eigenvalue weighted by Crippen LogP contribution is -2.47. The molecule has 2 aromatic carbocycles. The molecular formula is C26H33N3O3. The molecule has 1 heterocycles. The average Bonchev–Trinajstić information content (AvgIpc) is 2.83. The van der Waals surface area contributed by atoms with E-state index in [9.17, 15) is 4.79 Å². The Balaban J connectivity index is 1.66. The minimum absolute atomic E-state index is 0.0685. The van der Waals surface area contributed by atoms with Gasteiger partial charge in [-0.15, -0.1) is 0 Å². The molecule has 0 saturated carbocycles. The molecule has 1 fully saturated rings. The van der Waals surface area contributed by atoms with Gasteiger partial charge in [0.25, 0.3) is 0 Å². The molecule has 0 radical (unpaired) electrons. The standard InChI is InChI=1S/C26H33N3O3/c1-4-18-32-24-12-10-21(19-25(24)31-3)11-13-26(30)27-23(22-8-6-5-7-9-22)20-29-16-14-28(2)15-17-29/h4-13,19,23H,1,14-18,20H2,2-3H3,(H,27,30)/b13-11+. The zero-order valence-electron chi connectivity index (χ0n) is 19.0. The molecular weight excluding hydrogens is 402 g/mol. The van der Waals surface area contributed by atoms with Crippen LogP contribution in [-0.4, -0.2) is 69.2 Å². The van der Waals surface area contributed by atoms with Crippen LogP contribution in [-0.2, 0) is 4.79 Å². The number of amides is 1. The number of carbonyl (C=O) groups excluding carboxylic acids is 1. The Hall–Kier alpha value is -3.09. The van der Waals surface area contributed by atoms with Crippen LogP contribution >= 0.6 is 0 Å². The molecule has 0 aliphatic carbocycles. The number of piperazine rings is 1. The summed E-state index contributed by atoms with van der Waals surface area (Å²) in [5, 5.41) is 3.18. The Morgan fingerprint density at radius 2 is 1.88 bits per heavy atom. The Labute approximate surface area is 191 Å². The molecule has 1 atom stereocenters. The van der Waals surface area contributed by atoms with Gasteiger partial charge >= 0.3 is 0 Å². The molecule has 3 rings (SSSR count). The van der Waals surface area contributed by atoms with Gasteiger partial charge < -0.3 is 19.7 Å². The van der Waals surface area contributed by atoms with Crippen molar-refractivity contribution in [1.82, 2.24) is 15.1 Å². The van der Waals surface area contributed by atoms with Crippen molar-refractivity contribution in [3.05, 3.63) is 78.4 Å². The number of carbonyl (C=O) groups is 1. The monoisotopic (exact) mass is 435 g/mol. The number of nitrogens with one attached hydrogen (secondary N) is 1. The van der Waals surface area contributed by atoms with Gasteiger partial charge in [0.15, 0.2) is 11.5 Å². The van der Waals surface area contributed by atoms with Crippen LogP contribution in [0, 0.1) is 0 Å². The highest BCUT2D eigenvalue weighted by molar-refractivity contribution is 5.92. The van der Waals surface area contributed by atoms with Gasteiger partial charge in [0.2, 0.25) is 5.91 Å². The highest BCUT2D eigenvalue weighted by Gasteiger charge is 2.20. The third-order valence-corrected chi connectivity index (χ3v) is 5.53. The van der Waals surface area contributed by atoms with Crippen molar-refractivity contribution in [1.29, 1.82) is 0 Å². The van der Waals surface area contributed by atoms with E-state index in [1.165, 1.54) is 0 Å². The van der Waals surface area contributed by atoms with Crippen LogP contribution in [0.4, 0.5) is 0 Å². The Kier molecular flexibility index (Phi) is 8.90. The minimum Gasteiger partial charge on any atom is -0.493 e. The van der Waals surface area contributed by atoms with E-state index in [-0.39, 0.29) is 11.9 Å². The maximum atomic E-state index is 12.8. The van der Waals surface area contributed by atoms with Crippen molar-refractivity contribution < 1.29 is 14.3 Å². The van der Waals surface area contributed by atoms with E-state index in [0.29, 0.717) is 18.1 Å². The highest BCUT2D eigenvalue weighted by atomic mass is 16.5. The van der Waals surface area contributed by atoms with Gasteiger partial charge in [-0.25, -0.2) is 0 Å². The van der Waals surface area contributed by atoms with Crippen LogP contribution in [0.5, 0.6) is 11.5 Å². The van der Waals surface area contributed by atoms with Crippen LogP contribution in [0.25, 0.3) is 6.08 Å². The lowest BCUT2D eigenvalue weighted by molar-refractivity contribution is -0.117. The fourth-order valence-electron chi connectivity index (χ4n) is 3.66. The van der Waals surface area contributed by atoms with E-state index < -0.39 is 0 Å². The van der Waals surface area contributed by atoms with Crippen molar-refractivity contribution >= 4 is 12.0 Å². The first-order valence-electron chi connectivity index (χ1n) is 10.9. The summed E-state index contributed by atoms with van der Waals surface area (Å²) in [4.78, 5) is 17.5. The second-order valence-corrected chi connectivity index (χ2v) is 7.92. The Morgan fingerprint density at radius 3 is 2.56 bits per heavy atom. The Morgan fingerprint density at radius 1 is 1.12 bits per heavy atom. The highest BCUT2D eigenvalue weighted by Crippen LogP contribution is 2.28. The number of hydrogen-bond acceptors (Lipinski definition) is 5. The second kappa shape index (κ2) is 12.1. The summed E-state index contributed by atoms with van der Waals surface area (Å²) in [6.07, 6.45) is 5.04. The Bertz CT molecular complexity index is 906. The molecule has 1 aliphatic rings. The van der Waals surface area contributed by atoms with Gasteiger partial charge in [0, 0.05) is 38.8 Å². The summed E-state index contributed by atoms with van der Waals surface area (Å²) in [6.45, 7) is 8.96. The van der Waals surface area contributed by atoms with E-state index in [1.807, 2.05) is 36.4 Å². The summed E-state index contributed by atoms with van der Waals surface area (Å²) in [7, 11) is 3.74. The zero-order valence-corrected chi connectivity index (χ0v) is 19.0. The molecule has 1 amide bonds. The van der Waals surface area contributed by atoms with E-state index in [0.717, 1.165) is 43.9 Å². The summed E-state index contributed by atoms with van der Waals surface area (Å²) < 4.78 is 11.0. The van der Waals surface area contributed by atoms with E-state index in [2.05, 4.69) is 40.9 Å². The maximum Gasteiger partial charge on any atom is 0.244 e. The van der Waals surface area contributed by atoms with Crippen molar-refractivity contribution in [3.63, 3.8) is 0 Å². The van der Waals surface area contributed by atoms with E-state index >= 15 is 0 Å². The van der Waals surface area contributed by atoms with Gasteiger partial charge in [-0.05, 0) is 36.4 Å². The number of hydrogen-bond donors (Lipinski definition) is 1. The van der Waals surface area contributed by atoms with Crippen LogP contribution in [0.15, 0.2) is 67.3 Å². The molecule has 32 heavy (non-hydrogen) atoms. The van der Waals surface area contributed by atoms with Crippen LogP contribution in [0.3, 0.4) is 0 Å². The molecule has 0 spiro atoms. The van der Waals surface area contributed by atoms with Crippen LogP contribution in [0.1, 0.15) is 17.2 Å². The maximum absolute atomic E-state index is 12.8. The van der Waals surface area contributed by atoms with Crippen molar-refractivity contribution in [3.8, 4) is 11.5 Å². The second-order valence-electron chi connectivity index (χ2n) is 7.92. The quantitative estimate of drug-likeness (QED) is 0.458. The number of likely N-dealkylation sites (N-methyl/N-ethyl adjacent to an activating group) is 1. The van der Waals surface area contributed by atoms with Crippen molar-refractivity contribution in [2.75, 3.05) is 53.5 Å². The first kappa shape index (κ1) is 23.6. The van der Waals surface area contributed by atoms with E-state index in [1.54, 1.807) is 25.3 Å². The normalized spacial score (nSPS) is 15.9. The zero-order chi connectivity index (χ0) is 22.8. The largest absolute Gasteiger partial charge is 0.493 e. The first-order chi connectivity index (χ1) is 15.6. The smallest absolute Gasteiger partial charge is 0.244 e. The summed E-state index contributed by atoms with van der Waals surface area (Å²) >= 11 is 0. The molecule has 6 heteroatoms. The fourth-order valence-corrected chi connectivity index (χ4v) is 3.66. The molecule has 1 N–H and O–H groups in total. The average molecular weight is 436 g/mol. The predicted molar refractivity (Wildman–Crippen MR) is 129 cm³/mol. The number of benzene rings is 2. The van der Waals surface area contributed by atoms with Gasteiger partial charge in [-0.1, -0.05) is 49.1 Å². The molecule has 1 unspecified atom stereocenters. The van der Waals surface area contributed by atoms with Gasteiger partial charge in [0.1, 0.15) is 6.61 Å². The molecule has 170 valence electrons. The van der Waals surface area contributed by atoms with Gasteiger partial charge in [-0.3, -0.25) is 9.69 Å². The van der Waals surface area contributed by atoms with Crippen LogP contribution in [0.2, 0.25) is 0 Å². The number of nitrogens with zero attached hydrogens (tertiary/aromatic N) is 2. The topological polar surface area (TPSA) is 54.0 Å². The SMILES string of the molecule is C=CCOc1ccc(/C=C/C(=O)NC(CN2CCN(C)CC2)c2ccccc2)cc1OC. The molecule has 1 aliphatic heterocycles. The first-order valence-corrected chi connectivity index (χ1v) is 10.9. The van der Waals surface area contributed by atoms with Gasteiger partial charge in [0.05, 0.1) is 13.2 Å². The van der Waals surface area contributed by atoms with Gasteiger partial charge in [-0.2, -0.15) is 0 Å². The van der Waals surface area contributed by atoms with Crippen molar-refractivity contribution in [2.45, 2.75) is 6.04 Å². The number of rotatable bonds is 10. The van der Waals surface area contributed by atoms with Crippen LogP contribution < -0.4 is 14.8 Å². The third kappa shape index (κ3) is 6.97. The summed E-state index contributed by atoms with van der Waals surface area (Å²) in [5.41, 5.74) is 1.97. The van der Waals surface area contributed by atoms with Crippen molar-refractivity contribution in [2.24, 2.45) is 0 Å². The molecule has 2 aromatic rings. The molecule has 6 nitrogen and oxygen atoms in total.